The molecule has 20 heavy (non-hydrogen) atoms. The Morgan fingerprint density at radius 1 is 1.60 bits per heavy atom. The van der Waals surface area contributed by atoms with Gasteiger partial charge < -0.3 is 20.1 Å². The number of morpholine rings is 1. The summed E-state index contributed by atoms with van der Waals surface area (Å²) in [6.07, 6.45) is -1.30. The minimum absolute atomic E-state index is 0.117. The number of halogens is 1. The summed E-state index contributed by atoms with van der Waals surface area (Å²) in [7, 11) is 1.95. The van der Waals surface area contributed by atoms with Gasteiger partial charge in [0, 0.05) is 30.2 Å². The first-order valence-corrected chi connectivity index (χ1v) is 6.96. The molecule has 0 aliphatic carbocycles. The Hall–Kier alpha value is -1.14. The van der Waals surface area contributed by atoms with Crippen LogP contribution in [0.2, 0.25) is 5.02 Å². The van der Waals surface area contributed by atoms with Gasteiger partial charge in [-0.2, -0.15) is 0 Å². The summed E-state index contributed by atoms with van der Waals surface area (Å²) >= 11 is 6.00. The van der Waals surface area contributed by atoms with E-state index in [1.807, 2.05) is 11.9 Å². The molecule has 0 aromatic heterocycles. The van der Waals surface area contributed by atoms with Gasteiger partial charge >= 0.3 is 0 Å². The van der Waals surface area contributed by atoms with E-state index in [1.165, 1.54) is 0 Å². The van der Waals surface area contributed by atoms with E-state index in [-0.39, 0.29) is 12.5 Å². The quantitative estimate of drug-likeness (QED) is 0.864. The van der Waals surface area contributed by atoms with Crippen LogP contribution in [0.15, 0.2) is 24.3 Å². The molecule has 2 rings (SSSR count). The van der Waals surface area contributed by atoms with Gasteiger partial charge in [-0.05, 0) is 13.1 Å². The highest BCUT2D eigenvalue weighted by Gasteiger charge is 2.25. The number of carbonyl (C=O) groups excluding carboxylic acids is 1. The van der Waals surface area contributed by atoms with E-state index in [1.54, 1.807) is 24.3 Å². The summed E-state index contributed by atoms with van der Waals surface area (Å²) in [5, 5.41) is 13.2. The molecule has 0 bridgehead atoms. The zero-order valence-electron chi connectivity index (χ0n) is 11.4. The van der Waals surface area contributed by atoms with E-state index >= 15 is 0 Å². The van der Waals surface area contributed by atoms with Crippen molar-refractivity contribution in [2.45, 2.75) is 12.2 Å². The molecule has 1 aromatic carbocycles. The zero-order valence-corrected chi connectivity index (χ0v) is 12.1. The molecule has 1 fully saturated rings. The lowest BCUT2D eigenvalue weighted by Gasteiger charge is -2.29. The molecule has 1 aliphatic heterocycles. The van der Waals surface area contributed by atoms with E-state index in [2.05, 4.69) is 5.32 Å². The Morgan fingerprint density at radius 3 is 3.05 bits per heavy atom. The van der Waals surface area contributed by atoms with Gasteiger partial charge in [-0.3, -0.25) is 4.79 Å². The minimum Gasteiger partial charge on any atom is -0.387 e. The molecular formula is C14H19ClN2O3. The molecule has 2 unspecified atom stereocenters. The summed E-state index contributed by atoms with van der Waals surface area (Å²) < 4.78 is 5.41. The Kier molecular flexibility index (Phi) is 5.37. The number of hydrogen-bond acceptors (Lipinski definition) is 4. The molecule has 1 heterocycles. The number of nitrogens with one attached hydrogen (secondary N) is 1. The summed E-state index contributed by atoms with van der Waals surface area (Å²) in [6.45, 7) is 2.05. The first-order valence-electron chi connectivity index (χ1n) is 6.58. The SMILES string of the molecule is CN1CCOC(C(=O)NCC(O)c2ccccc2Cl)C1. The highest BCUT2D eigenvalue weighted by molar-refractivity contribution is 6.31. The fourth-order valence-corrected chi connectivity index (χ4v) is 2.36. The van der Waals surface area contributed by atoms with Crippen molar-refractivity contribution in [2.24, 2.45) is 0 Å². The van der Waals surface area contributed by atoms with Gasteiger partial charge in [0.2, 0.25) is 0 Å². The smallest absolute Gasteiger partial charge is 0.250 e. The van der Waals surface area contributed by atoms with Crippen LogP contribution in [0.4, 0.5) is 0 Å². The molecular weight excluding hydrogens is 280 g/mol. The molecule has 0 radical (unpaired) electrons. The number of carbonyl (C=O) groups is 1. The summed E-state index contributed by atoms with van der Waals surface area (Å²) in [6, 6.07) is 7.04. The monoisotopic (exact) mass is 298 g/mol. The van der Waals surface area contributed by atoms with E-state index in [9.17, 15) is 9.90 Å². The average Bonchev–Trinajstić information content (AvgIpc) is 2.45. The summed E-state index contributed by atoms with van der Waals surface area (Å²) in [5.41, 5.74) is 0.608. The van der Waals surface area contributed by atoms with Crippen LogP contribution < -0.4 is 5.32 Å². The third kappa shape index (κ3) is 3.93. The normalized spacial score (nSPS) is 21.4. The Balaban J connectivity index is 1.85. The molecule has 1 aromatic rings. The highest BCUT2D eigenvalue weighted by atomic mass is 35.5. The number of nitrogens with zero attached hydrogens (tertiary/aromatic N) is 1. The minimum atomic E-state index is -0.825. The van der Waals surface area contributed by atoms with Gasteiger partial charge in [-0.15, -0.1) is 0 Å². The Bertz CT molecular complexity index is 469. The molecule has 2 N–H and O–H groups in total. The van der Waals surface area contributed by atoms with Gasteiger partial charge in [-0.25, -0.2) is 0 Å². The Morgan fingerprint density at radius 2 is 2.35 bits per heavy atom. The second kappa shape index (κ2) is 7.04. The maximum Gasteiger partial charge on any atom is 0.250 e. The number of rotatable bonds is 4. The van der Waals surface area contributed by atoms with Crippen LogP contribution in [-0.2, 0) is 9.53 Å². The number of ether oxygens (including phenoxy) is 1. The fourth-order valence-electron chi connectivity index (χ4n) is 2.10. The zero-order chi connectivity index (χ0) is 14.5. The number of benzene rings is 1. The van der Waals surface area contributed by atoms with Crippen LogP contribution in [0.3, 0.4) is 0 Å². The second-order valence-electron chi connectivity index (χ2n) is 4.90. The number of hydrogen-bond donors (Lipinski definition) is 2. The van der Waals surface area contributed by atoms with Gasteiger partial charge in [0.15, 0.2) is 0 Å². The topological polar surface area (TPSA) is 61.8 Å². The fraction of sp³-hybridized carbons (Fsp3) is 0.500. The first-order chi connectivity index (χ1) is 9.58. The van der Waals surface area contributed by atoms with Crippen LogP contribution in [0.25, 0.3) is 0 Å². The highest BCUT2D eigenvalue weighted by Crippen LogP contribution is 2.21. The Labute approximate surface area is 123 Å². The van der Waals surface area contributed by atoms with Crippen molar-refractivity contribution in [1.82, 2.24) is 10.2 Å². The molecule has 0 saturated carbocycles. The molecule has 0 spiro atoms. The van der Waals surface area contributed by atoms with Crippen molar-refractivity contribution in [2.75, 3.05) is 33.3 Å². The van der Waals surface area contributed by atoms with Crippen molar-refractivity contribution in [3.63, 3.8) is 0 Å². The molecule has 1 amide bonds. The van der Waals surface area contributed by atoms with Crippen LogP contribution in [0.1, 0.15) is 11.7 Å². The van der Waals surface area contributed by atoms with Crippen LogP contribution in [0.5, 0.6) is 0 Å². The number of aliphatic hydroxyl groups excluding tert-OH is 1. The van der Waals surface area contributed by atoms with Crippen LogP contribution in [-0.4, -0.2) is 55.3 Å². The molecule has 1 saturated heterocycles. The van der Waals surface area contributed by atoms with Crippen LogP contribution >= 0.6 is 11.6 Å². The summed E-state index contributed by atoms with van der Waals surface area (Å²) in [4.78, 5) is 14.0. The van der Waals surface area contributed by atoms with Crippen molar-refractivity contribution in [3.05, 3.63) is 34.9 Å². The van der Waals surface area contributed by atoms with Crippen LogP contribution in [0, 0.1) is 0 Å². The van der Waals surface area contributed by atoms with Gasteiger partial charge in [-0.1, -0.05) is 29.8 Å². The molecule has 6 heteroatoms. The number of aliphatic hydroxyl groups is 1. The lowest BCUT2D eigenvalue weighted by atomic mass is 10.1. The van der Waals surface area contributed by atoms with E-state index in [0.717, 1.165) is 6.54 Å². The van der Waals surface area contributed by atoms with Crippen molar-refractivity contribution >= 4 is 17.5 Å². The number of likely N-dealkylation sites (N-methyl/N-ethyl adjacent to an activating group) is 1. The van der Waals surface area contributed by atoms with Crippen molar-refractivity contribution < 1.29 is 14.6 Å². The summed E-state index contributed by atoms with van der Waals surface area (Å²) in [5.74, 6) is -0.206. The molecule has 5 nitrogen and oxygen atoms in total. The van der Waals surface area contributed by atoms with E-state index in [0.29, 0.717) is 23.7 Å². The maximum atomic E-state index is 12.0. The van der Waals surface area contributed by atoms with E-state index < -0.39 is 12.2 Å². The average molecular weight is 299 g/mol. The van der Waals surface area contributed by atoms with Gasteiger partial charge in [0.25, 0.3) is 5.91 Å². The standard InChI is InChI=1S/C14H19ClN2O3/c1-17-6-7-20-13(9-17)14(19)16-8-12(18)10-4-2-3-5-11(10)15/h2-5,12-13,18H,6-9H2,1H3,(H,16,19). The predicted octanol–water partition coefficient (Wildman–Crippen LogP) is 0.820. The third-order valence-electron chi connectivity index (χ3n) is 3.30. The van der Waals surface area contributed by atoms with Gasteiger partial charge in [0.1, 0.15) is 6.10 Å². The second-order valence-corrected chi connectivity index (χ2v) is 5.31. The largest absolute Gasteiger partial charge is 0.387 e. The molecule has 1 aliphatic rings. The number of amides is 1. The lowest BCUT2D eigenvalue weighted by Crippen LogP contribution is -2.49. The third-order valence-corrected chi connectivity index (χ3v) is 3.64. The predicted molar refractivity (Wildman–Crippen MR) is 76.7 cm³/mol. The van der Waals surface area contributed by atoms with E-state index in [4.69, 9.17) is 16.3 Å². The maximum absolute atomic E-state index is 12.0. The first kappa shape index (κ1) is 15.3. The van der Waals surface area contributed by atoms with Crippen molar-refractivity contribution in [1.29, 1.82) is 0 Å². The molecule has 110 valence electrons. The molecule has 2 atom stereocenters. The van der Waals surface area contributed by atoms with Crippen molar-refractivity contribution in [3.8, 4) is 0 Å². The van der Waals surface area contributed by atoms with Gasteiger partial charge in [0.05, 0.1) is 12.7 Å². The lowest BCUT2D eigenvalue weighted by molar-refractivity contribution is -0.138.